The van der Waals surface area contributed by atoms with Crippen molar-refractivity contribution in [2.45, 2.75) is 137 Å². The van der Waals surface area contributed by atoms with Crippen molar-refractivity contribution >= 4 is 88.1 Å². The number of nitrogens with one attached hydrogen (secondary N) is 4. The number of Topliss-reactive ketones (excluding diaryl/α,β-unsaturated/α-hetero) is 2. The molecule has 3 aromatic rings. The summed E-state index contributed by atoms with van der Waals surface area (Å²) in [5.41, 5.74) is 15.5. The largest absolute Gasteiger partial charge is 0.461 e. The smallest absolute Gasteiger partial charge is 0.312 e. The monoisotopic (exact) mass is 1170 g/mol. The van der Waals surface area contributed by atoms with Crippen molar-refractivity contribution in [1.82, 2.24) is 30.7 Å². The molecule has 0 aliphatic carbocycles. The highest BCUT2D eigenvalue weighted by Crippen LogP contribution is 2.30. The van der Waals surface area contributed by atoms with E-state index in [0.717, 1.165) is 23.6 Å². The van der Waals surface area contributed by atoms with Gasteiger partial charge in [-0.05, 0) is 105 Å². The minimum Gasteiger partial charge on any atom is -0.461 e. The van der Waals surface area contributed by atoms with Crippen molar-refractivity contribution in [2.75, 3.05) is 56.0 Å². The lowest BCUT2D eigenvalue weighted by molar-refractivity contribution is -0.145. The molecule has 85 heavy (non-hydrogen) atoms. The Hall–Kier alpha value is -8.56. The molecule has 456 valence electrons. The average molecular weight is 1170 g/mol. The second-order valence-electron chi connectivity index (χ2n) is 22.2. The lowest BCUT2D eigenvalue weighted by atomic mass is 9.88. The van der Waals surface area contributed by atoms with Crippen LogP contribution >= 0.6 is 0 Å². The van der Waals surface area contributed by atoms with Crippen LogP contribution in [-0.2, 0) is 56.1 Å². The molecule has 0 saturated carbocycles. The molecule has 2 aromatic carbocycles. The van der Waals surface area contributed by atoms with E-state index in [1.54, 1.807) is 54.7 Å². The van der Waals surface area contributed by atoms with Gasteiger partial charge < -0.3 is 47.3 Å². The Morgan fingerprint density at radius 1 is 0.812 bits per heavy atom. The molecule has 0 spiro atoms. The maximum absolute atomic E-state index is 13.7. The van der Waals surface area contributed by atoms with E-state index in [1.165, 1.54) is 12.2 Å². The number of piperidine rings is 1. The fraction of sp³-hybridized carbons (Fsp3) is 0.492. The highest BCUT2D eigenvalue weighted by Gasteiger charge is 2.31. The van der Waals surface area contributed by atoms with E-state index in [4.69, 9.17) is 16.2 Å². The number of ether oxygens (including phenoxy) is 1. The number of rotatable bonds is 33. The van der Waals surface area contributed by atoms with Gasteiger partial charge in [-0.15, -0.1) is 0 Å². The van der Waals surface area contributed by atoms with Crippen molar-refractivity contribution < 1.29 is 52.7 Å². The fourth-order valence-electron chi connectivity index (χ4n) is 10.4. The van der Waals surface area contributed by atoms with Gasteiger partial charge in [-0.3, -0.25) is 48.1 Å². The molecule has 0 bridgehead atoms. The van der Waals surface area contributed by atoms with Crippen LogP contribution in [0.4, 0.5) is 22.0 Å². The van der Waals surface area contributed by atoms with Crippen molar-refractivity contribution in [3.05, 3.63) is 101 Å². The number of nitrogens with zero attached hydrogens (tertiary/aromatic N) is 5. The molecule has 4 heterocycles. The Morgan fingerprint density at radius 2 is 1.51 bits per heavy atom. The van der Waals surface area contributed by atoms with Gasteiger partial charge in [0, 0.05) is 119 Å². The third-order valence-corrected chi connectivity index (χ3v) is 15.2. The number of urea groups is 1. The first-order chi connectivity index (χ1) is 40.8. The van der Waals surface area contributed by atoms with Gasteiger partial charge in [-0.25, -0.2) is 14.8 Å². The number of aromatic nitrogens is 1. The first-order valence-electron chi connectivity index (χ1n) is 29.7. The second-order valence-corrected chi connectivity index (χ2v) is 22.2. The summed E-state index contributed by atoms with van der Waals surface area (Å²) in [5, 5.41) is 11.2. The number of nitrogens with two attached hydrogens (primary N) is 2. The van der Waals surface area contributed by atoms with Crippen molar-refractivity contribution in [3.8, 4) is 0 Å². The zero-order chi connectivity index (χ0) is 61.4. The Balaban J connectivity index is 0.874. The molecule has 6 rings (SSSR count). The number of benzene rings is 2. The molecule has 1 fully saturated rings. The molecule has 1 saturated heterocycles. The first-order valence-corrected chi connectivity index (χ1v) is 29.7. The number of unbranched alkanes of at least 4 members (excludes halogenated alkanes) is 2. The number of amidine groups is 1. The summed E-state index contributed by atoms with van der Waals surface area (Å²) in [7, 11) is 0. The van der Waals surface area contributed by atoms with Crippen LogP contribution in [0.15, 0.2) is 83.5 Å². The van der Waals surface area contributed by atoms with Gasteiger partial charge in [0.05, 0.1) is 23.6 Å². The number of carbonyl (C=O) groups is 10. The Bertz CT molecular complexity index is 2940. The summed E-state index contributed by atoms with van der Waals surface area (Å²) >= 11 is 0. The van der Waals surface area contributed by atoms with Crippen LogP contribution in [0.2, 0.25) is 0 Å². The van der Waals surface area contributed by atoms with E-state index < -0.39 is 29.9 Å². The van der Waals surface area contributed by atoms with Gasteiger partial charge in [0.15, 0.2) is 5.78 Å². The Labute approximate surface area is 497 Å². The number of ketones is 2. The maximum Gasteiger partial charge on any atom is 0.312 e. The number of carbonyl (C=O) groups excluding carboxylic acids is 10. The number of anilines is 2. The van der Waals surface area contributed by atoms with Crippen molar-refractivity contribution in [3.63, 3.8) is 0 Å². The van der Waals surface area contributed by atoms with Crippen LogP contribution in [0, 0.1) is 17.8 Å². The van der Waals surface area contributed by atoms with Gasteiger partial charge in [-0.1, -0.05) is 64.4 Å². The molecule has 1 aromatic heterocycles. The number of primary amides is 1. The van der Waals surface area contributed by atoms with Gasteiger partial charge in [-0.2, -0.15) is 0 Å². The second kappa shape index (κ2) is 33.1. The Morgan fingerprint density at radius 3 is 2.16 bits per heavy atom. The molecule has 3 aliphatic heterocycles. The van der Waals surface area contributed by atoms with E-state index in [1.807, 2.05) is 44.7 Å². The number of esters is 1. The molecule has 0 radical (unpaired) electrons. The van der Waals surface area contributed by atoms with E-state index in [2.05, 4.69) is 36.1 Å². The highest BCUT2D eigenvalue weighted by atomic mass is 16.5. The maximum atomic E-state index is 13.7. The van der Waals surface area contributed by atoms with E-state index in [9.17, 15) is 47.9 Å². The molecule has 22 heteroatoms. The number of aliphatic imine (C=N–C) groups is 1. The van der Waals surface area contributed by atoms with Crippen LogP contribution in [-0.4, -0.2) is 131 Å². The zero-order valence-corrected chi connectivity index (χ0v) is 49.5. The van der Waals surface area contributed by atoms with Gasteiger partial charge in [0.2, 0.25) is 17.7 Å². The summed E-state index contributed by atoms with van der Waals surface area (Å²) < 4.78 is 5.50. The summed E-state index contributed by atoms with van der Waals surface area (Å²) in [4.78, 5) is 142. The minimum absolute atomic E-state index is 0.00702. The molecular formula is C63H83N11O11. The van der Waals surface area contributed by atoms with Gasteiger partial charge in [0.1, 0.15) is 24.0 Å². The van der Waals surface area contributed by atoms with E-state index >= 15 is 0 Å². The molecule has 22 nitrogen and oxygen atoms in total. The fourth-order valence-corrected chi connectivity index (χ4v) is 10.4. The third-order valence-electron chi connectivity index (χ3n) is 15.2. The van der Waals surface area contributed by atoms with Crippen molar-refractivity contribution in [2.24, 2.45) is 34.2 Å². The third kappa shape index (κ3) is 20.6. The van der Waals surface area contributed by atoms with Crippen LogP contribution in [0.3, 0.4) is 0 Å². The van der Waals surface area contributed by atoms with E-state index in [0.29, 0.717) is 123 Å². The SMILES string of the molecule is CCCN(CCC)C(=O)C1=Cc2ccc(C(=O)Nc3ccc(N4CCC(C(=O)NCCCC(=O)OCc5ccc(CC(=O)[C@H](CCCNC(N)=O)NC(=O)[C@@H](CC(=O)CCCCCN6C(=O)C=CC6=O)C(C)C)cc5)CC4)nc3)cc2N=C(N)C1. The minimum atomic E-state index is -0.904. The summed E-state index contributed by atoms with van der Waals surface area (Å²) in [6.07, 6.45) is 12.0. The quantitative estimate of drug-likeness (QED) is 0.0219. The van der Waals surface area contributed by atoms with Crippen molar-refractivity contribution in [1.29, 1.82) is 0 Å². The normalized spacial score (nSPS) is 14.8. The lowest BCUT2D eigenvalue weighted by Crippen LogP contribution is -2.46. The van der Waals surface area contributed by atoms with Crippen LogP contribution in [0.1, 0.15) is 145 Å². The average Bonchev–Trinajstić information content (AvgIpc) is 4.03. The molecule has 3 aliphatic rings. The summed E-state index contributed by atoms with van der Waals surface area (Å²) in [6, 6.07) is 14.1. The predicted octanol–water partition coefficient (Wildman–Crippen LogP) is 6.38. The predicted molar refractivity (Wildman–Crippen MR) is 323 cm³/mol. The number of hydrogen-bond donors (Lipinski definition) is 6. The standard InChI is InChI=1S/C63H83N11O11/c1-5-29-73(30-6-2)62(83)47-35-45-19-20-46(36-52(45)70-54(64)37-47)60(81)69-48-21-22-55(68-39-48)72-32-25-44(26-33-72)59(80)66-27-11-14-58(79)85-40-43-17-15-42(16-18-43)34-53(76)51(13-10-28-67-63(65)84)71-61(82)50(41(3)4)38-49(75)12-8-7-9-31-74-56(77)23-24-57(74)78/h15-24,35-36,39,41,44,50-51H,5-14,25-34,37-38,40H2,1-4H3,(H2,64,70)(H,66,80)(H,69,81)(H,71,82)(H3,65,67,84)/t50-,51-/m0/s1. The van der Waals surface area contributed by atoms with Gasteiger partial charge in [0.25, 0.3) is 17.7 Å². The zero-order valence-electron chi connectivity index (χ0n) is 49.5. The molecule has 2 atom stereocenters. The molecular weight excluding hydrogens is 1090 g/mol. The van der Waals surface area contributed by atoms with E-state index in [-0.39, 0.29) is 111 Å². The number of amides is 8. The first kappa shape index (κ1) is 65.6. The summed E-state index contributed by atoms with van der Waals surface area (Å²) in [5.74, 6) is -2.46. The summed E-state index contributed by atoms with van der Waals surface area (Å²) in [6.45, 7) is 11.1. The molecule has 0 unspecified atom stereocenters. The molecule has 8 N–H and O–H groups in total. The number of imide groups is 1. The topological polar surface area (TPSA) is 315 Å². The molecule has 8 amide bonds. The van der Waals surface area contributed by atoms with Gasteiger partial charge >= 0.3 is 12.0 Å². The number of pyridine rings is 1. The number of fused-ring (bicyclic) bond motifs is 1. The Kier molecular flexibility index (Phi) is 25.5. The van der Waals surface area contributed by atoms with Crippen LogP contribution in [0.25, 0.3) is 6.08 Å². The van der Waals surface area contributed by atoms with Crippen LogP contribution < -0.4 is 37.6 Å². The lowest BCUT2D eigenvalue weighted by Gasteiger charge is -2.32. The van der Waals surface area contributed by atoms with Crippen LogP contribution in [0.5, 0.6) is 0 Å². The number of hydrogen-bond acceptors (Lipinski definition) is 15. The highest BCUT2D eigenvalue weighted by molar-refractivity contribution is 6.13.